The van der Waals surface area contributed by atoms with Gasteiger partial charge in [-0.2, -0.15) is 0 Å². The minimum absolute atomic E-state index is 0.00393. The van der Waals surface area contributed by atoms with Crippen LogP contribution in [0.3, 0.4) is 0 Å². The van der Waals surface area contributed by atoms with Crippen LogP contribution >= 0.6 is 11.3 Å². The lowest BCUT2D eigenvalue weighted by atomic mass is 9.95. The van der Waals surface area contributed by atoms with Gasteiger partial charge in [-0.05, 0) is 55.5 Å². The van der Waals surface area contributed by atoms with Gasteiger partial charge >= 0.3 is 0 Å². The number of aromatic nitrogens is 1. The number of hydrogen-bond donors (Lipinski definition) is 1. The van der Waals surface area contributed by atoms with Gasteiger partial charge < -0.3 is 5.32 Å². The number of thiophene rings is 1. The van der Waals surface area contributed by atoms with Crippen LogP contribution in [0.2, 0.25) is 0 Å². The first-order chi connectivity index (χ1) is 10.8. The van der Waals surface area contributed by atoms with Gasteiger partial charge in [-0.25, -0.2) is 0 Å². The topological polar surface area (TPSA) is 42.0 Å². The van der Waals surface area contributed by atoms with Crippen molar-refractivity contribution in [2.45, 2.75) is 25.7 Å². The normalized spacial score (nSPS) is 13.8. The molecule has 4 heteroatoms. The highest BCUT2D eigenvalue weighted by Gasteiger charge is 2.20. The van der Waals surface area contributed by atoms with Crippen molar-refractivity contribution < 1.29 is 4.79 Å². The number of nitrogens with one attached hydrogen (secondary N) is 1. The first kappa shape index (κ1) is 13.5. The zero-order valence-corrected chi connectivity index (χ0v) is 13.0. The summed E-state index contributed by atoms with van der Waals surface area (Å²) in [5.41, 5.74) is 3.83. The molecule has 0 unspecified atom stereocenters. The van der Waals surface area contributed by atoms with Crippen LogP contribution in [0.4, 0.5) is 5.69 Å². The number of pyridine rings is 1. The summed E-state index contributed by atoms with van der Waals surface area (Å²) < 4.78 is 0. The van der Waals surface area contributed by atoms with Crippen LogP contribution in [0.15, 0.2) is 41.9 Å². The van der Waals surface area contributed by atoms with Crippen LogP contribution < -0.4 is 5.32 Å². The molecule has 3 aromatic rings. The van der Waals surface area contributed by atoms with E-state index >= 15 is 0 Å². The van der Waals surface area contributed by atoms with Crippen molar-refractivity contribution in [2.75, 3.05) is 5.32 Å². The van der Waals surface area contributed by atoms with E-state index in [1.165, 1.54) is 23.3 Å². The number of amides is 1. The lowest BCUT2D eigenvalue weighted by molar-refractivity contribution is 0.102. The Hall–Kier alpha value is -2.20. The molecule has 2 aromatic heterocycles. The molecule has 2 heterocycles. The van der Waals surface area contributed by atoms with Gasteiger partial charge in [-0.15, -0.1) is 11.3 Å². The maximum atomic E-state index is 12.7. The molecule has 1 aliphatic carbocycles. The Labute approximate surface area is 133 Å². The molecule has 0 spiro atoms. The molecule has 4 rings (SSSR count). The maximum absolute atomic E-state index is 12.7. The minimum atomic E-state index is -0.00393. The van der Waals surface area contributed by atoms with E-state index in [1.54, 1.807) is 17.5 Å². The van der Waals surface area contributed by atoms with Gasteiger partial charge in [0, 0.05) is 21.8 Å². The summed E-state index contributed by atoms with van der Waals surface area (Å²) in [5, 5.41) is 6.05. The van der Waals surface area contributed by atoms with Crippen LogP contribution in [-0.2, 0) is 12.8 Å². The average molecular weight is 308 g/mol. The van der Waals surface area contributed by atoms with E-state index in [1.807, 2.05) is 35.7 Å². The molecule has 3 nitrogen and oxygen atoms in total. The van der Waals surface area contributed by atoms with E-state index in [0.29, 0.717) is 0 Å². The number of carbonyl (C=O) groups excluding carboxylic acids is 1. The maximum Gasteiger partial charge on any atom is 0.256 e. The van der Waals surface area contributed by atoms with Crippen LogP contribution in [0.25, 0.3) is 10.9 Å². The molecule has 1 N–H and O–H groups in total. The standard InChI is InChI=1S/C18H16N2OS/c21-18(14-11-22-17-9-2-1-5-12(14)17)20-16-8-3-7-15-13(16)6-4-10-19-15/h3-4,6-8,10-11H,1-2,5,9H2,(H,20,21). The fourth-order valence-corrected chi connectivity index (χ4v) is 4.21. The predicted molar refractivity (Wildman–Crippen MR) is 90.7 cm³/mol. The molecule has 1 amide bonds. The SMILES string of the molecule is O=C(Nc1cccc2ncccc12)c1csc2c1CCCC2. The molecule has 0 atom stereocenters. The number of anilines is 1. The Kier molecular flexibility index (Phi) is 3.39. The second-order valence-corrected chi connectivity index (χ2v) is 6.55. The third-order valence-corrected chi connectivity index (χ3v) is 5.29. The molecule has 110 valence electrons. The average Bonchev–Trinajstić information content (AvgIpc) is 2.99. The van der Waals surface area contributed by atoms with Crippen molar-refractivity contribution >= 4 is 33.8 Å². The van der Waals surface area contributed by atoms with Crippen molar-refractivity contribution in [1.82, 2.24) is 4.98 Å². The quantitative estimate of drug-likeness (QED) is 0.761. The third kappa shape index (κ3) is 2.29. The summed E-state index contributed by atoms with van der Waals surface area (Å²) in [5.74, 6) is -0.00393. The molecular formula is C18H16N2OS. The van der Waals surface area contributed by atoms with Gasteiger partial charge in [0.2, 0.25) is 0 Å². The molecule has 1 aromatic carbocycles. The highest BCUT2D eigenvalue weighted by Crippen LogP contribution is 2.31. The van der Waals surface area contributed by atoms with E-state index in [4.69, 9.17) is 0 Å². The molecule has 0 bridgehead atoms. The van der Waals surface area contributed by atoms with Gasteiger partial charge in [0.05, 0.1) is 16.8 Å². The number of fused-ring (bicyclic) bond motifs is 2. The molecule has 0 aliphatic heterocycles. The second kappa shape index (κ2) is 5.54. The van der Waals surface area contributed by atoms with Crippen LogP contribution in [0.1, 0.15) is 33.6 Å². The monoisotopic (exact) mass is 308 g/mol. The van der Waals surface area contributed by atoms with Gasteiger partial charge in [0.15, 0.2) is 0 Å². The second-order valence-electron chi connectivity index (χ2n) is 5.59. The molecule has 1 aliphatic rings. The first-order valence-corrected chi connectivity index (χ1v) is 8.45. The van der Waals surface area contributed by atoms with Crippen LogP contribution in [0.5, 0.6) is 0 Å². The fourth-order valence-electron chi connectivity index (χ4n) is 3.09. The van der Waals surface area contributed by atoms with E-state index in [0.717, 1.165) is 35.0 Å². The number of aryl methyl sites for hydroxylation is 1. The van der Waals surface area contributed by atoms with Crippen molar-refractivity contribution in [3.05, 3.63) is 57.9 Å². The van der Waals surface area contributed by atoms with Gasteiger partial charge in [-0.1, -0.05) is 6.07 Å². The molecule has 0 radical (unpaired) electrons. The Morgan fingerprint density at radius 1 is 1.14 bits per heavy atom. The van der Waals surface area contributed by atoms with Crippen molar-refractivity contribution in [1.29, 1.82) is 0 Å². The Morgan fingerprint density at radius 2 is 2.05 bits per heavy atom. The fraction of sp³-hybridized carbons (Fsp3) is 0.222. The highest BCUT2D eigenvalue weighted by molar-refractivity contribution is 7.10. The Bertz CT molecular complexity index is 848. The summed E-state index contributed by atoms with van der Waals surface area (Å²) in [4.78, 5) is 18.4. The largest absolute Gasteiger partial charge is 0.321 e. The minimum Gasteiger partial charge on any atom is -0.321 e. The number of rotatable bonds is 2. The molecule has 0 saturated heterocycles. The van der Waals surface area contributed by atoms with E-state index in [-0.39, 0.29) is 5.91 Å². The van der Waals surface area contributed by atoms with E-state index in [2.05, 4.69) is 10.3 Å². The smallest absolute Gasteiger partial charge is 0.256 e. The Balaban J connectivity index is 1.68. The summed E-state index contributed by atoms with van der Waals surface area (Å²) in [7, 11) is 0. The lowest BCUT2D eigenvalue weighted by Gasteiger charge is -2.13. The highest BCUT2D eigenvalue weighted by atomic mass is 32.1. The van der Waals surface area contributed by atoms with E-state index < -0.39 is 0 Å². The number of nitrogens with zero attached hydrogens (tertiary/aromatic N) is 1. The summed E-state index contributed by atoms with van der Waals surface area (Å²) in [6.07, 6.45) is 6.33. The number of carbonyl (C=O) groups is 1. The van der Waals surface area contributed by atoms with Gasteiger partial charge in [0.25, 0.3) is 5.91 Å². The molecule has 0 saturated carbocycles. The van der Waals surface area contributed by atoms with Gasteiger partial charge in [-0.3, -0.25) is 9.78 Å². The van der Waals surface area contributed by atoms with Crippen molar-refractivity contribution in [2.24, 2.45) is 0 Å². The predicted octanol–water partition coefficient (Wildman–Crippen LogP) is 4.43. The number of hydrogen-bond acceptors (Lipinski definition) is 3. The lowest BCUT2D eigenvalue weighted by Crippen LogP contribution is -2.14. The van der Waals surface area contributed by atoms with E-state index in [9.17, 15) is 4.79 Å². The molecular weight excluding hydrogens is 292 g/mol. The van der Waals surface area contributed by atoms with Gasteiger partial charge in [0.1, 0.15) is 0 Å². The molecule has 22 heavy (non-hydrogen) atoms. The first-order valence-electron chi connectivity index (χ1n) is 7.57. The third-order valence-electron chi connectivity index (χ3n) is 4.20. The molecule has 0 fully saturated rings. The van der Waals surface area contributed by atoms with Crippen molar-refractivity contribution in [3.63, 3.8) is 0 Å². The van der Waals surface area contributed by atoms with Crippen LogP contribution in [-0.4, -0.2) is 10.9 Å². The zero-order chi connectivity index (χ0) is 14.9. The zero-order valence-electron chi connectivity index (χ0n) is 12.1. The van der Waals surface area contributed by atoms with Crippen molar-refractivity contribution in [3.8, 4) is 0 Å². The summed E-state index contributed by atoms with van der Waals surface area (Å²) in [6.45, 7) is 0. The van der Waals surface area contributed by atoms with Crippen LogP contribution in [0, 0.1) is 0 Å². The Morgan fingerprint density at radius 3 is 3.00 bits per heavy atom. The summed E-state index contributed by atoms with van der Waals surface area (Å²) >= 11 is 1.72. The summed E-state index contributed by atoms with van der Waals surface area (Å²) in [6, 6.07) is 9.69. The number of benzene rings is 1.